The molecule has 2 N–H and O–H groups in total. The fourth-order valence-corrected chi connectivity index (χ4v) is 4.62. The Morgan fingerprint density at radius 1 is 0.853 bits per heavy atom. The van der Waals surface area contributed by atoms with Crippen LogP contribution in [-0.4, -0.2) is 31.2 Å². The van der Waals surface area contributed by atoms with Crippen molar-refractivity contribution in [1.29, 1.82) is 0 Å². The van der Waals surface area contributed by atoms with E-state index in [0.717, 1.165) is 32.2 Å². The number of benzene rings is 3. The number of ether oxygens (including phenoxy) is 2. The van der Waals surface area contributed by atoms with Crippen LogP contribution in [0.2, 0.25) is 0 Å². The third-order valence-corrected chi connectivity index (χ3v) is 6.35. The number of nitrogens with one attached hydrogen (secondary N) is 1. The zero-order valence-electron chi connectivity index (χ0n) is 18.7. The maximum absolute atomic E-state index is 13.3. The first-order chi connectivity index (χ1) is 16.5. The van der Waals surface area contributed by atoms with Crippen molar-refractivity contribution in [3.8, 4) is 33.1 Å². The van der Waals surface area contributed by atoms with Gasteiger partial charge in [0.1, 0.15) is 11.5 Å². The average molecular weight is 474 g/mol. The molecule has 0 aliphatic heterocycles. The molecular formula is C27H23NO5S. The summed E-state index contributed by atoms with van der Waals surface area (Å²) < 4.78 is 10.8. The molecule has 0 unspecified atom stereocenters. The van der Waals surface area contributed by atoms with Crippen LogP contribution in [0.25, 0.3) is 21.6 Å². The summed E-state index contributed by atoms with van der Waals surface area (Å²) >= 11 is 1.40. The van der Waals surface area contributed by atoms with E-state index in [2.05, 4.69) is 5.32 Å². The number of hydrogen-bond donors (Lipinski definition) is 2. The van der Waals surface area contributed by atoms with Gasteiger partial charge in [0, 0.05) is 26.6 Å². The molecule has 1 amide bonds. The highest BCUT2D eigenvalue weighted by Gasteiger charge is 2.15. The molecule has 7 heteroatoms. The van der Waals surface area contributed by atoms with E-state index < -0.39 is 5.97 Å². The minimum absolute atomic E-state index is 0.0317. The summed E-state index contributed by atoms with van der Waals surface area (Å²) in [6, 6.07) is 24.1. The molecule has 172 valence electrons. The molecule has 0 saturated heterocycles. The quantitative estimate of drug-likeness (QED) is 0.329. The molecule has 0 aliphatic carbocycles. The minimum Gasteiger partial charge on any atom is -0.497 e. The number of carbonyl (C=O) groups excluding carboxylic acids is 1. The second-order valence-electron chi connectivity index (χ2n) is 7.52. The lowest BCUT2D eigenvalue weighted by molar-refractivity contribution is -0.136. The van der Waals surface area contributed by atoms with Crippen molar-refractivity contribution in [3.05, 3.63) is 89.3 Å². The van der Waals surface area contributed by atoms with Gasteiger partial charge in [0.15, 0.2) is 0 Å². The molecule has 0 spiro atoms. The fraction of sp³-hybridized carbons (Fsp3) is 0.111. The Bertz CT molecular complexity index is 1340. The van der Waals surface area contributed by atoms with Gasteiger partial charge in [-0.05, 0) is 59.7 Å². The second kappa shape index (κ2) is 10.2. The number of para-hydroxylation sites is 1. The molecule has 3 aromatic carbocycles. The second-order valence-corrected chi connectivity index (χ2v) is 8.69. The number of amides is 1. The monoisotopic (exact) mass is 473 g/mol. The molecule has 4 rings (SSSR count). The van der Waals surface area contributed by atoms with Crippen LogP contribution in [0, 0.1) is 0 Å². The SMILES string of the molecule is COc1cccc(-c2cc(OC)cc(C(=O)Nc3ccccc3-c3ccc(CC(=O)O)s3)c2)c1. The summed E-state index contributed by atoms with van der Waals surface area (Å²) in [4.78, 5) is 25.9. The standard InChI is InChI=1S/C27H23NO5S/c1-32-20-7-5-6-17(13-20)18-12-19(15-21(14-18)33-2)27(31)28-24-9-4-3-8-23(24)25-11-10-22(34-25)16-26(29)30/h3-15H,16H2,1-2H3,(H,28,31)(H,29,30). The largest absolute Gasteiger partial charge is 0.497 e. The van der Waals surface area contributed by atoms with Gasteiger partial charge in [0.25, 0.3) is 5.91 Å². The van der Waals surface area contributed by atoms with Crippen molar-refractivity contribution in [3.63, 3.8) is 0 Å². The molecular weight excluding hydrogens is 450 g/mol. The highest BCUT2D eigenvalue weighted by Crippen LogP contribution is 2.35. The van der Waals surface area contributed by atoms with Crippen molar-refractivity contribution in [2.75, 3.05) is 19.5 Å². The van der Waals surface area contributed by atoms with Crippen LogP contribution in [-0.2, 0) is 11.2 Å². The zero-order valence-corrected chi connectivity index (χ0v) is 19.5. The first-order valence-electron chi connectivity index (χ1n) is 10.5. The minimum atomic E-state index is -0.875. The van der Waals surface area contributed by atoms with Crippen molar-refractivity contribution in [2.45, 2.75) is 6.42 Å². The Kier molecular flexibility index (Phi) is 6.94. The molecule has 4 aromatic rings. The van der Waals surface area contributed by atoms with Crippen molar-refractivity contribution >= 4 is 28.9 Å². The summed E-state index contributed by atoms with van der Waals surface area (Å²) in [5, 5.41) is 12.1. The number of carboxylic acid groups (broad SMARTS) is 1. The van der Waals surface area contributed by atoms with Gasteiger partial charge in [-0.1, -0.05) is 30.3 Å². The van der Waals surface area contributed by atoms with Crippen molar-refractivity contribution in [2.24, 2.45) is 0 Å². The molecule has 1 aromatic heterocycles. The van der Waals surface area contributed by atoms with E-state index in [9.17, 15) is 9.59 Å². The summed E-state index contributed by atoms with van der Waals surface area (Å²) in [5.41, 5.74) is 3.64. The number of thiophene rings is 1. The van der Waals surface area contributed by atoms with E-state index in [1.807, 2.05) is 66.7 Å². The summed E-state index contributed by atoms with van der Waals surface area (Å²) in [6.07, 6.45) is -0.0317. The summed E-state index contributed by atoms with van der Waals surface area (Å²) in [5.74, 6) is 0.131. The van der Waals surface area contributed by atoms with Gasteiger partial charge < -0.3 is 19.9 Å². The van der Waals surface area contributed by atoms with Crippen LogP contribution in [0.3, 0.4) is 0 Å². The normalized spacial score (nSPS) is 10.5. The molecule has 0 atom stereocenters. The van der Waals surface area contributed by atoms with Crippen LogP contribution in [0.1, 0.15) is 15.2 Å². The number of aliphatic carboxylic acids is 1. The third-order valence-electron chi connectivity index (χ3n) is 5.24. The van der Waals surface area contributed by atoms with Crippen molar-refractivity contribution < 1.29 is 24.2 Å². The maximum Gasteiger partial charge on any atom is 0.308 e. The van der Waals surface area contributed by atoms with Gasteiger partial charge in [-0.25, -0.2) is 0 Å². The number of hydrogen-bond acceptors (Lipinski definition) is 5. The number of anilines is 1. The van der Waals surface area contributed by atoms with E-state index in [0.29, 0.717) is 17.0 Å². The first-order valence-corrected chi connectivity index (χ1v) is 11.3. The van der Waals surface area contributed by atoms with E-state index in [1.165, 1.54) is 11.3 Å². The van der Waals surface area contributed by atoms with E-state index in [-0.39, 0.29) is 12.3 Å². The Labute approximate surface area is 201 Å². The molecule has 1 heterocycles. The number of carboxylic acids is 1. The molecule has 0 aliphatic rings. The number of carbonyl (C=O) groups is 2. The van der Waals surface area contributed by atoms with Gasteiger partial charge in [-0.15, -0.1) is 11.3 Å². The molecule has 0 radical (unpaired) electrons. The topological polar surface area (TPSA) is 84.9 Å². The van der Waals surface area contributed by atoms with Crippen LogP contribution in [0.15, 0.2) is 78.9 Å². The van der Waals surface area contributed by atoms with Crippen LogP contribution in [0.5, 0.6) is 11.5 Å². The number of methoxy groups -OCH3 is 2. The van der Waals surface area contributed by atoms with Gasteiger partial charge >= 0.3 is 5.97 Å². The molecule has 34 heavy (non-hydrogen) atoms. The Morgan fingerprint density at radius 3 is 2.38 bits per heavy atom. The first kappa shape index (κ1) is 23.1. The van der Waals surface area contributed by atoms with Gasteiger partial charge in [0.2, 0.25) is 0 Å². The molecule has 0 saturated carbocycles. The Balaban J connectivity index is 1.65. The third kappa shape index (κ3) is 5.27. The smallest absolute Gasteiger partial charge is 0.308 e. The predicted octanol–water partition coefficient (Wildman–Crippen LogP) is 5.98. The van der Waals surface area contributed by atoms with Gasteiger partial charge in [0.05, 0.1) is 20.6 Å². The zero-order chi connectivity index (χ0) is 24.1. The lowest BCUT2D eigenvalue weighted by Gasteiger charge is -2.13. The van der Waals surface area contributed by atoms with Crippen molar-refractivity contribution in [1.82, 2.24) is 0 Å². The van der Waals surface area contributed by atoms with E-state index in [1.54, 1.807) is 26.4 Å². The highest BCUT2D eigenvalue weighted by molar-refractivity contribution is 7.15. The fourth-order valence-electron chi connectivity index (χ4n) is 3.59. The van der Waals surface area contributed by atoms with Gasteiger partial charge in [-0.3, -0.25) is 9.59 Å². The van der Waals surface area contributed by atoms with Gasteiger partial charge in [-0.2, -0.15) is 0 Å². The van der Waals surface area contributed by atoms with E-state index in [4.69, 9.17) is 14.6 Å². The summed E-state index contributed by atoms with van der Waals surface area (Å²) in [6.45, 7) is 0. The predicted molar refractivity (Wildman–Crippen MR) is 134 cm³/mol. The van der Waals surface area contributed by atoms with Crippen LogP contribution in [0.4, 0.5) is 5.69 Å². The molecule has 6 nitrogen and oxygen atoms in total. The average Bonchev–Trinajstić information content (AvgIpc) is 3.31. The molecule has 0 bridgehead atoms. The number of rotatable bonds is 8. The Morgan fingerprint density at radius 2 is 1.62 bits per heavy atom. The lowest BCUT2D eigenvalue weighted by Crippen LogP contribution is -2.13. The highest BCUT2D eigenvalue weighted by atomic mass is 32.1. The van der Waals surface area contributed by atoms with Crippen LogP contribution >= 0.6 is 11.3 Å². The Hall–Kier alpha value is -4.10. The van der Waals surface area contributed by atoms with Crippen LogP contribution < -0.4 is 14.8 Å². The molecule has 0 fully saturated rings. The summed E-state index contributed by atoms with van der Waals surface area (Å²) in [7, 11) is 3.17. The maximum atomic E-state index is 13.3. The van der Waals surface area contributed by atoms with E-state index >= 15 is 0 Å². The lowest BCUT2D eigenvalue weighted by atomic mass is 10.0.